The smallest absolute Gasteiger partial charge is 0.131 e. The molecule has 1 aromatic heterocycles. The minimum absolute atomic E-state index is 0.383. The van der Waals surface area contributed by atoms with Gasteiger partial charge in [0.1, 0.15) is 5.82 Å². The van der Waals surface area contributed by atoms with Gasteiger partial charge in [0.25, 0.3) is 0 Å². The molecule has 78 valence electrons. The maximum absolute atomic E-state index is 4.59. The lowest BCUT2D eigenvalue weighted by Gasteiger charge is -2.08. The highest BCUT2D eigenvalue weighted by Crippen LogP contribution is 2.19. The molecule has 0 atom stereocenters. The van der Waals surface area contributed by atoms with Gasteiger partial charge in [0.05, 0.1) is 5.52 Å². The van der Waals surface area contributed by atoms with Crippen molar-refractivity contribution in [3.63, 3.8) is 0 Å². The van der Waals surface area contributed by atoms with Crippen molar-refractivity contribution >= 4 is 10.9 Å². The molecule has 0 saturated carbocycles. The third-order valence-electron chi connectivity index (χ3n) is 2.58. The Labute approximate surface area is 90.4 Å². The summed E-state index contributed by atoms with van der Waals surface area (Å²) in [6, 6.07) is 6.33. The number of hydrogen-bond acceptors (Lipinski definition) is 2. The van der Waals surface area contributed by atoms with Crippen LogP contribution in [0.15, 0.2) is 18.2 Å². The molecule has 0 saturated heterocycles. The van der Waals surface area contributed by atoms with Gasteiger partial charge in [-0.2, -0.15) is 0 Å². The number of rotatable bonds is 1. The lowest BCUT2D eigenvalue weighted by atomic mass is 10.1. The molecule has 0 bridgehead atoms. The highest BCUT2D eigenvalue weighted by molar-refractivity contribution is 5.81. The van der Waals surface area contributed by atoms with Crippen LogP contribution in [-0.2, 0) is 0 Å². The van der Waals surface area contributed by atoms with Crippen molar-refractivity contribution in [2.24, 2.45) is 0 Å². The van der Waals surface area contributed by atoms with Crippen LogP contribution >= 0.6 is 0 Å². The van der Waals surface area contributed by atoms with E-state index in [0.717, 1.165) is 22.4 Å². The predicted molar refractivity (Wildman–Crippen MR) is 63.1 cm³/mol. The Kier molecular flexibility index (Phi) is 2.43. The van der Waals surface area contributed by atoms with Crippen LogP contribution in [-0.4, -0.2) is 9.97 Å². The number of hydrogen-bond donors (Lipinski definition) is 0. The van der Waals surface area contributed by atoms with Crippen molar-refractivity contribution < 1.29 is 0 Å². The molecule has 2 nitrogen and oxygen atoms in total. The minimum Gasteiger partial charge on any atom is -0.237 e. The summed E-state index contributed by atoms with van der Waals surface area (Å²) in [4.78, 5) is 9.10. The number of fused-ring (bicyclic) bond motifs is 1. The molecule has 2 rings (SSSR count). The first kappa shape index (κ1) is 10.1. The number of aryl methyl sites for hydroxylation is 2. The second-order valence-electron chi connectivity index (χ2n) is 4.34. The lowest BCUT2D eigenvalue weighted by molar-refractivity contribution is 0.776. The van der Waals surface area contributed by atoms with E-state index in [9.17, 15) is 0 Å². The summed E-state index contributed by atoms with van der Waals surface area (Å²) in [5.74, 6) is 1.32. The fraction of sp³-hybridized carbons (Fsp3) is 0.385. The van der Waals surface area contributed by atoms with Crippen LogP contribution in [0.25, 0.3) is 10.9 Å². The summed E-state index contributed by atoms with van der Waals surface area (Å²) in [6.07, 6.45) is 0. The van der Waals surface area contributed by atoms with E-state index in [1.807, 2.05) is 6.92 Å². The number of benzene rings is 1. The monoisotopic (exact) mass is 200 g/mol. The van der Waals surface area contributed by atoms with Crippen LogP contribution in [0.3, 0.4) is 0 Å². The summed E-state index contributed by atoms with van der Waals surface area (Å²) < 4.78 is 0. The van der Waals surface area contributed by atoms with Gasteiger partial charge in [0.2, 0.25) is 0 Å². The van der Waals surface area contributed by atoms with E-state index < -0.39 is 0 Å². The molecular weight excluding hydrogens is 184 g/mol. The fourth-order valence-corrected chi connectivity index (χ4v) is 1.68. The van der Waals surface area contributed by atoms with Crippen LogP contribution in [0, 0.1) is 13.8 Å². The fourth-order valence-electron chi connectivity index (χ4n) is 1.68. The van der Waals surface area contributed by atoms with Gasteiger partial charge >= 0.3 is 0 Å². The van der Waals surface area contributed by atoms with Crippen molar-refractivity contribution in [1.82, 2.24) is 9.97 Å². The van der Waals surface area contributed by atoms with E-state index >= 15 is 0 Å². The van der Waals surface area contributed by atoms with E-state index in [2.05, 4.69) is 48.9 Å². The van der Waals surface area contributed by atoms with Gasteiger partial charge in [-0.1, -0.05) is 26.0 Å². The Bertz CT molecular complexity index is 501. The van der Waals surface area contributed by atoms with Crippen molar-refractivity contribution in [1.29, 1.82) is 0 Å². The summed E-state index contributed by atoms with van der Waals surface area (Å²) in [6.45, 7) is 8.38. The molecule has 0 radical (unpaired) electrons. The lowest BCUT2D eigenvalue weighted by Crippen LogP contribution is -2.00. The molecule has 0 fully saturated rings. The molecule has 0 amide bonds. The zero-order valence-electron chi connectivity index (χ0n) is 9.70. The van der Waals surface area contributed by atoms with Crippen LogP contribution in [0.2, 0.25) is 0 Å². The van der Waals surface area contributed by atoms with E-state index in [-0.39, 0.29) is 0 Å². The Morgan fingerprint density at radius 1 is 1.07 bits per heavy atom. The third kappa shape index (κ3) is 1.84. The van der Waals surface area contributed by atoms with Crippen molar-refractivity contribution in [2.45, 2.75) is 33.6 Å². The molecule has 1 aromatic carbocycles. The highest BCUT2D eigenvalue weighted by atomic mass is 14.9. The van der Waals surface area contributed by atoms with Gasteiger partial charge in [-0.15, -0.1) is 0 Å². The van der Waals surface area contributed by atoms with Crippen molar-refractivity contribution in [3.8, 4) is 0 Å². The van der Waals surface area contributed by atoms with Gasteiger partial charge in [-0.25, -0.2) is 9.97 Å². The van der Waals surface area contributed by atoms with Gasteiger partial charge in [-0.3, -0.25) is 0 Å². The maximum Gasteiger partial charge on any atom is 0.131 e. The number of nitrogens with zero attached hydrogens (tertiary/aromatic N) is 2. The standard InChI is InChI=1S/C13H16N2/c1-8(2)13-14-10(4)11-6-5-9(3)7-12(11)15-13/h5-8H,1-4H3. The Morgan fingerprint density at radius 3 is 2.47 bits per heavy atom. The van der Waals surface area contributed by atoms with Gasteiger partial charge in [0, 0.05) is 17.0 Å². The average Bonchev–Trinajstić information content (AvgIpc) is 2.16. The second-order valence-corrected chi connectivity index (χ2v) is 4.34. The summed E-state index contributed by atoms with van der Waals surface area (Å²) in [7, 11) is 0. The molecule has 0 N–H and O–H groups in total. The maximum atomic E-state index is 4.59. The van der Waals surface area contributed by atoms with Crippen LogP contribution in [0.1, 0.15) is 36.8 Å². The normalized spacial score (nSPS) is 11.3. The molecule has 2 heteroatoms. The van der Waals surface area contributed by atoms with E-state index in [0.29, 0.717) is 5.92 Å². The van der Waals surface area contributed by atoms with E-state index in [1.165, 1.54) is 5.56 Å². The zero-order valence-corrected chi connectivity index (χ0v) is 9.70. The summed E-state index contributed by atoms with van der Waals surface area (Å²) in [5.41, 5.74) is 3.38. The average molecular weight is 200 g/mol. The van der Waals surface area contributed by atoms with Gasteiger partial charge in [-0.05, 0) is 25.5 Å². The van der Waals surface area contributed by atoms with Crippen LogP contribution < -0.4 is 0 Å². The predicted octanol–water partition coefficient (Wildman–Crippen LogP) is 3.37. The Balaban J connectivity index is 2.74. The first-order valence-electron chi connectivity index (χ1n) is 5.33. The quantitative estimate of drug-likeness (QED) is 0.705. The highest BCUT2D eigenvalue weighted by Gasteiger charge is 2.07. The molecule has 0 aliphatic rings. The van der Waals surface area contributed by atoms with E-state index in [1.54, 1.807) is 0 Å². The Hall–Kier alpha value is -1.44. The van der Waals surface area contributed by atoms with Crippen LogP contribution in [0.5, 0.6) is 0 Å². The largest absolute Gasteiger partial charge is 0.237 e. The molecule has 0 aliphatic carbocycles. The van der Waals surface area contributed by atoms with Crippen LogP contribution in [0.4, 0.5) is 0 Å². The zero-order chi connectivity index (χ0) is 11.0. The second kappa shape index (κ2) is 3.61. The number of aromatic nitrogens is 2. The van der Waals surface area contributed by atoms with Gasteiger partial charge in [0.15, 0.2) is 0 Å². The molecular formula is C13H16N2. The molecule has 0 unspecified atom stereocenters. The topological polar surface area (TPSA) is 25.8 Å². The molecule has 15 heavy (non-hydrogen) atoms. The molecule has 2 aromatic rings. The molecule has 1 heterocycles. The minimum atomic E-state index is 0.383. The molecule has 0 aliphatic heterocycles. The third-order valence-corrected chi connectivity index (χ3v) is 2.58. The van der Waals surface area contributed by atoms with Gasteiger partial charge < -0.3 is 0 Å². The summed E-state index contributed by atoms with van der Waals surface area (Å²) in [5, 5.41) is 1.16. The van der Waals surface area contributed by atoms with Crippen molar-refractivity contribution in [2.75, 3.05) is 0 Å². The first-order valence-corrected chi connectivity index (χ1v) is 5.33. The summed E-state index contributed by atoms with van der Waals surface area (Å²) >= 11 is 0. The molecule has 0 spiro atoms. The Morgan fingerprint density at radius 2 is 1.80 bits per heavy atom. The SMILES string of the molecule is Cc1ccc2c(C)nc(C(C)C)nc2c1. The van der Waals surface area contributed by atoms with Crippen molar-refractivity contribution in [3.05, 3.63) is 35.3 Å². The van der Waals surface area contributed by atoms with E-state index in [4.69, 9.17) is 0 Å². The first-order chi connectivity index (χ1) is 7.08.